The summed E-state index contributed by atoms with van der Waals surface area (Å²) in [5, 5.41) is 3.14. The Kier molecular flexibility index (Phi) is 6.50. The van der Waals surface area contributed by atoms with Crippen molar-refractivity contribution in [2.24, 2.45) is 0 Å². The lowest BCUT2D eigenvalue weighted by Gasteiger charge is -2.29. The van der Waals surface area contributed by atoms with E-state index in [2.05, 4.69) is 5.32 Å². The maximum Gasteiger partial charge on any atom is 0.308 e. The van der Waals surface area contributed by atoms with Gasteiger partial charge in [0.25, 0.3) is 0 Å². The van der Waals surface area contributed by atoms with E-state index in [1.165, 1.54) is 13.0 Å². The number of hydrogen-bond acceptors (Lipinski definition) is 5. The van der Waals surface area contributed by atoms with E-state index in [4.69, 9.17) is 11.6 Å². The zero-order valence-electron chi connectivity index (χ0n) is 17.8. The predicted octanol–water partition coefficient (Wildman–Crippen LogP) is 4.40. The summed E-state index contributed by atoms with van der Waals surface area (Å²) in [7, 11) is -3.77. The van der Waals surface area contributed by atoms with Crippen LogP contribution >= 0.6 is 22.9 Å². The van der Waals surface area contributed by atoms with Crippen LogP contribution in [0.25, 0.3) is 10.2 Å². The van der Waals surface area contributed by atoms with Crippen LogP contribution in [0.5, 0.6) is 0 Å². The van der Waals surface area contributed by atoms with Gasteiger partial charge in [-0.1, -0.05) is 29.0 Å². The minimum atomic E-state index is -3.77. The molecule has 1 heterocycles. The van der Waals surface area contributed by atoms with Crippen molar-refractivity contribution in [3.05, 3.63) is 56.7 Å². The third-order valence-electron chi connectivity index (χ3n) is 4.89. The Morgan fingerprint density at radius 2 is 1.84 bits per heavy atom. The summed E-state index contributed by atoms with van der Waals surface area (Å²) in [6.07, 6.45) is 1.05. The molecule has 1 atom stereocenters. The maximum atomic E-state index is 13.0. The average molecular weight is 482 g/mol. The van der Waals surface area contributed by atoms with Gasteiger partial charge in [-0.3, -0.25) is 18.5 Å². The van der Waals surface area contributed by atoms with E-state index in [9.17, 15) is 18.0 Å². The van der Waals surface area contributed by atoms with Gasteiger partial charge in [-0.15, -0.1) is 0 Å². The molecule has 1 N–H and O–H groups in total. The first-order valence-electron chi connectivity index (χ1n) is 9.61. The molecule has 3 rings (SSSR count). The van der Waals surface area contributed by atoms with Gasteiger partial charge in [0.15, 0.2) is 0 Å². The average Bonchev–Trinajstić information content (AvgIpc) is 2.98. The predicted molar refractivity (Wildman–Crippen MR) is 128 cm³/mol. The molecular weight excluding hydrogens is 458 g/mol. The van der Waals surface area contributed by atoms with E-state index < -0.39 is 22.0 Å². The molecule has 1 aromatic heterocycles. The molecule has 0 aliphatic rings. The van der Waals surface area contributed by atoms with Gasteiger partial charge in [-0.05, 0) is 63.6 Å². The number of nitrogens with one attached hydrogen (secondary N) is 1. The molecule has 0 aliphatic carbocycles. The summed E-state index contributed by atoms with van der Waals surface area (Å²) in [4.78, 5) is 25.2. The smallest absolute Gasteiger partial charge is 0.308 e. The second-order valence-electron chi connectivity index (χ2n) is 7.67. The quantitative estimate of drug-likeness (QED) is 0.565. The number of rotatable bonds is 6. The Bertz CT molecular complexity index is 1310. The number of nitrogens with zero attached hydrogens (tertiary/aromatic N) is 2. The van der Waals surface area contributed by atoms with Gasteiger partial charge in [0.05, 0.1) is 22.2 Å². The number of carbonyl (C=O) groups is 1. The first-order chi connectivity index (χ1) is 14.4. The number of aromatic nitrogens is 1. The van der Waals surface area contributed by atoms with Crippen LogP contribution in [0.1, 0.15) is 32.4 Å². The van der Waals surface area contributed by atoms with E-state index in [1.54, 1.807) is 41.8 Å². The van der Waals surface area contributed by atoms with Crippen molar-refractivity contribution < 1.29 is 13.2 Å². The number of anilines is 2. The number of amides is 1. The van der Waals surface area contributed by atoms with Crippen LogP contribution in [0.4, 0.5) is 11.4 Å². The number of aryl methyl sites for hydroxylation is 1. The van der Waals surface area contributed by atoms with Gasteiger partial charge < -0.3 is 5.32 Å². The molecule has 3 aromatic rings. The highest BCUT2D eigenvalue weighted by atomic mass is 35.5. The van der Waals surface area contributed by atoms with Crippen molar-refractivity contribution in [3.63, 3.8) is 0 Å². The molecule has 0 unspecified atom stereocenters. The van der Waals surface area contributed by atoms with Gasteiger partial charge in [0, 0.05) is 16.8 Å². The lowest BCUT2D eigenvalue weighted by Crippen LogP contribution is -2.45. The van der Waals surface area contributed by atoms with Crippen LogP contribution in [-0.2, 0) is 14.8 Å². The van der Waals surface area contributed by atoms with Gasteiger partial charge in [0.2, 0.25) is 15.9 Å². The van der Waals surface area contributed by atoms with Crippen molar-refractivity contribution >= 4 is 60.5 Å². The van der Waals surface area contributed by atoms with Crippen LogP contribution in [0.2, 0.25) is 5.02 Å². The second kappa shape index (κ2) is 8.64. The topological polar surface area (TPSA) is 88.5 Å². The van der Waals surface area contributed by atoms with E-state index >= 15 is 0 Å². The standard InChI is InChI=1S/C21H24ClN3O4S2/c1-12(2)24-17-9-8-16(11-19(17)30-21(24)27)23-20(26)14(4)25(31(5,28)29)18-10-15(22)7-6-13(18)3/h6-12,14H,1-5H3,(H,23,26)/t14-/m1/s1. The molecule has 0 bridgehead atoms. The number of thiazole rings is 1. The van der Waals surface area contributed by atoms with Crippen LogP contribution in [0, 0.1) is 6.92 Å². The third-order valence-corrected chi connectivity index (χ3v) is 7.28. The zero-order valence-corrected chi connectivity index (χ0v) is 20.2. The number of halogens is 1. The van der Waals surface area contributed by atoms with Gasteiger partial charge in [-0.2, -0.15) is 0 Å². The van der Waals surface area contributed by atoms with Gasteiger partial charge in [-0.25, -0.2) is 8.42 Å². The Labute approximate surface area is 190 Å². The Balaban J connectivity index is 1.94. The summed E-state index contributed by atoms with van der Waals surface area (Å²) in [5.74, 6) is -0.500. The molecule has 0 aliphatic heterocycles. The fourth-order valence-corrected chi connectivity index (χ4v) is 5.89. The van der Waals surface area contributed by atoms with Crippen molar-refractivity contribution in [1.82, 2.24) is 4.57 Å². The first kappa shape index (κ1) is 23.3. The molecule has 0 spiro atoms. The van der Waals surface area contributed by atoms with Crippen LogP contribution in [0.15, 0.2) is 41.2 Å². The van der Waals surface area contributed by atoms with E-state index in [-0.39, 0.29) is 10.9 Å². The molecule has 7 nitrogen and oxygen atoms in total. The number of carbonyl (C=O) groups excluding carboxylic acids is 1. The SMILES string of the molecule is Cc1ccc(Cl)cc1N([C@H](C)C(=O)Nc1ccc2c(c1)sc(=O)n2C(C)C)S(C)(=O)=O. The molecule has 0 saturated heterocycles. The summed E-state index contributed by atoms with van der Waals surface area (Å²) in [6, 6.07) is 9.09. The van der Waals surface area contributed by atoms with Crippen LogP contribution in [-0.4, -0.2) is 31.2 Å². The molecule has 10 heteroatoms. The minimum absolute atomic E-state index is 0.0194. The molecule has 166 valence electrons. The monoisotopic (exact) mass is 481 g/mol. The summed E-state index contributed by atoms with van der Waals surface area (Å²) in [6.45, 7) is 7.14. The summed E-state index contributed by atoms with van der Waals surface area (Å²) in [5.41, 5.74) is 2.30. The van der Waals surface area contributed by atoms with Crippen molar-refractivity contribution in [1.29, 1.82) is 0 Å². The van der Waals surface area contributed by atoms with Gasteiger partial charge in [0.1, 0.15) is 6.04 Å². The molecule has 2 aromatic carbocycles. The molecular formula is C21H24ClN3O4S2. The number of hydrogen-bond donors (Lipinski definition) is 1. The largest absolute Gasteiger partial charge is 0.324 e. The number of benzene rings is 2. The summed E-state index contributed by atoms with van der Waals surface area (Å²) < 4.78 is 28.6. The fourth-order valence-electron chi connectivity index (χ4n) is 3.45. The number of sulfonamides is 1. The summed E-state index contributed by atoms with van der Waals surface area (Å²) >= 11 is 7.17. The van der Waals surface area contributed by atoms with Crippen LogP contribution < -0.4 is 14.5 Å². The lowest BCUT2D eigenvalue weighted by atomic mass is 10.1. The Morgan fingerprint density at radius 3 is 2.45 bits per heavy atom. The Morgan fingerprint density at radius 1 is 1.16 bits per heavy atom. The van der Waals surface area contributed by atoms with Crippen molar-refractivity contribution in [2.75, 3.05) is 15.9 Å². The van der Waals surface area contributed by atoms with Crippen molar-refractivity contribution in [3.8, 4) is 0 Å². The number of fused-ring (bicyclic) bond motifs is 1. The van der Waals surface area contributed by atoms with Crippen molar-refractivity contribution in [2.45, 2.75) is 39.8 Å². The molecule has 0 fully saturated rings. The highest BCUT2D eigenvalue weighted by Crippen LogP contribution is 2.29. The first-order valence-corrected chi connectivity index (χ1v) is 12.7. The molecule has 0 radical (unpaired) electrons. The second-order valence-corrected chi connectivity index (χ2v) is 11.0. The lowest BCUT2D eigenvalue weighted by molar-refractivity contribution is -0.116. The van der Waals surface area contributed by atoms with Crippen LogP contribution in [0.3, 0.4) is 0 Å². The fraction of sp³-hybridized carbons (Fsp3) is 0.333. The Hall–Kier alpha value is -2.36. The van der Waals surface area contributed by atoms with E-state index in [0.717, 1.165) is 32.1 Å². The maximum absolute atomic E-state index is 13.0. The molecule has 0 saturated carbocycles. The van der Waals surface area contributed by atoms with E-state index in [1.807, 2.05) is 13.8 Å². The molecule has 1 amide bonds. The zero-order chi connectivity index (χ0) is 23.1. The minimum Gasteiger partial charge on any atom is -0.324 e. The highest BCUT2D eigenvalue weighted by molar-refractivity contribution is 7.92. The molecule has 31 heavy (non-hydrogen) atoms. The highest BCUT2D eigenvalue weighted by Gasteiger charge is 2.30. The van der Waals surface area contributed by atoms with Gasteiger partial charge >= 0.3 is 4.87 Å². The normalized spacial score (nSPS) is 12.9. The van der Waals surface area contributed by atoms with E-state index in [0.29, 0.717) is 22.0 Å². The third kappa shape index (κ3) is 4.78.